The van der Waals surface area contributed by atoms with Gasteiger partial charge in [0.25, 0.3) is 5.91 Å². The molecule has 0 spiro atoms. The van der Waals surface area contributed by atoms with E-state index in [-0.39, 0.29) is 11.6 Å². The molecule has 0 aliphatic carbocycles. The second-order valence-electron chi connectivity index (χ2n) is 5.02. The zero-order valence-corrected chi connectivity index (χ0v) is 12.9. The van der Waals surface area contributed by atoms with Crippen molar-refractivity contribution in [3.05, 3.63) is 65.9 Å². The normalized spacial score (nSPS) is 10.5. The Morgan fingerprint density at radius 1 is 1.26 bits per heavy atom. The van der Waals surface area contributed by atoms with Gasteiger partial charge in [-0.3, -0.25) is 4.79 Å². The molecule has 0 radical (unpaired) electrons. The van der Waals surface area contributed by atoms with E-state index in [1.165, 1.54) is 7.11 Å². The molecule has 0 saturated heterocycles. The largest absolute Gasteiger partial charge is 0.493 e. The average molecular weight is 311 g/mol. The SMILES string of the molecule is COc1cn(-c2ccccc2)nc1C(=O)NCc1ccc(C)o1. The second-order valence-corrected chi connectivity index (χ2v) is 5.02. The molecule has 0 bridgehead atoms. The van der Waals surface area contributed by atoms with E-state index in [9.17, 15) is 4.79 Å². The molecule has 1 amide bonds. The standard InChI is InChI=1S/C17H17N3O3/c1-12-8-9-14(23-12)10-18-17(21)16-15(22-2)11-20(19-16)13-6-4-3-5-7-13/h3-9,11H,10H2,1-2H3,(H,18,21). The van der Waals surface area contributed by atoms with Crippen LogP contribution in [-0.4, -0.2) is 22.8 Å². The minimum Gasteiger partial charge on any atom is -0.493 e. The number of aryl methyl sites for hydroxylation is 1. The van der Waals surface area contributed by atoms with Gasteiger partial charge in [-0.1, -0.05) is 18.2 Å². The molecule has 3 rings (SSSR count). The number of nitrogens with one attached hydrogen (secondary N) is 1. The first kappa shape index (κ1) is 14.9. The van der Waals surface area contributed by atoms with Crippen molar-refractivity contribution in [1.82, 2.24) is 15.1 Å². The number of hydrogen-bond donors (Lipinski definition) is 1. The van der Waals surface area contributed by atoms with Crippen LogP contribution in [0, 0.1) is 6.92 Å². The highest BCUT2D eigenvalue weighted by atomic mass is 16.5. The number of aromatic nitrogens is 2. The summed E-state index contributed by atoms with van der Waals surface area (Å²) in [6.45, 7) is 2.16. The minimum absolute atomic E-state index is 0.236. The fourth-order valence-corrected chi connectivity index (χ4v) is 2.21. The molecule has 0 aliphatic rings. The molecule has 0 saturated carbocycles. The highest BCUT2D eigenvalue weighted by Crippen LogP contribution is 2.19. The van der Waals surface area contributed by atoms with Crippen molar-refractivity contribution in [3.63, 3.8) is 0 Å². The fourth-order valence-electron chi connectivity index (χ4n) is 2.21. The first-order chi connectivity index (χ1) is 11.2. The van der Waals surface area contributed by atoms with Crippen LogP contribution < -0.4 is 10.1 Å². The minimum atomic E-state index is -0.314. The number of amides is 1. The Balaban J connectivity index is 1.78. The van der Waals surface area contributed by atoms with Crippen LogP contribution in [0.5, 0.6) is 5.75 Å². The summed E-state index contributed by atoms with van der Waals surface area (Å²) in [5.74, 6) is 1.60. The van der Waals surface area contributed by atoms with Crippen LogP contribution in [0.2, 0.25) is 0 Å². The maximum Gasteiger partial charge on any atom is 0.276 e. The van der Waals surface area contributed by atoms with Crippen LogP contribution in [0.1, 0.15) is 22.0 Å². The lowest BCUT2D eigenvalue weighted by molar-refractivity contribution is 0.0939. The number of furan rings is 1. The molecule has 0 fully saturated rings. The number of nitrogens with zero attached hydrogens (tertiary/aromatic N) is 2. The topological polar surface area (TPSA) is 69.3 Å². The van der Waals surface area contributed by atoms with Crippen LogP contribution >= 0.6 is 0 Å². The summed E-state index contributed by atoms with van der Waals surface area (Å²) >= 11 is 0. The molecule has 1 aromatic carbocycles. The lowest BCUT2D eigenvalue weighted by Crippen LogP contribution is -2.23. The Morgan fingerprint density at radius 3 is 2.70 bits per heavy atom. The number of hydrogen-bond acceptors (Lipinski definition) is 4. The van der Waals surface area contributed by atoms with Gasteiger partial charge in [-0.05, 0) is 31.2 Å². The number of benzene rings is 1. The molecule has 3 aromatic rings. The molecule has 23 heavy (non-hydrogen) atoms. The van der Waals surface area contributed by atoms with E-state index in [0.29, 0.717) is 18.1 Å². The number of carbonyl (C=O) groups is 1. The van der Waals surface area contributed by atoms with E-state index < -0.39 is 0 Å². The Morgan fingerprint density at radius 2 is 2.04 bits per heavy atom. The molecular weight excluding hydrogens is 294 g/mol. The molecule has 0 atom stereocenters. The van der Waals surface area contributed by atoms with Gasteiger partial charge in [0.05, 0.1) is 25.5 Å². The van der Waals surface area contributed by atoms with Gasteiger partial charge in [0.1, 0.15) is 11.5 Å². The van der Waals surface area contributed by atoms with Gasteiger partial charge in [0, 0.05) is 0 Å². The Hall–Kier alpha value is -3.02. The monoisotopic (exact) mass is 311 g/mol. The number of para-hydroxylation sites is 1. The van der Waals surface area contributed by atoms with E-state index >= 15 is 0 Å². The number of carbonyl (C=O) groups excluding carboxylic acids is 1. The lowest BCUT2D eigenvalue weighted by Gasteiger charge is -2.02. The van der Waals surface area contributed by atoms with Crippen LogP contribution in [-0.2, 0) is 6.54 Å². The molecule has 0 unspecified atom stereocenters. The summed E-state index contributed by atoms with van der Waals surface area (Å²) in [5.41, 5.74) is 1.09. The molecule has 6 heteroatoms. The van der Waals surface area contributed by atoms with Crippen molar-refractivity contribution in [2.24, 2.45) is 0 Å². The zero-order chi connectivity index (χ0) is 16.2. The predicted molar refractivity (Wildman–Crippen MR) is 84.7 cm³/mol. The second kappa shape index (κ2) is 6.39. The summed E-state index contributed by atoms with van der Waals surface area (Å²) in [6.07, 6.45) is 1.68. The first-order valence-corrected chi connectivity index (χ1v) is 7.20. The third-order valence-electron chi connectivity index (χ3n) is 3.36. The lowest BCUT2D eigenvalue weighted by atomic mass is 10.3. The van der Waals surface area contributed by atoms with E-state index in [1.54, 1.807) is 10.9 Å². The van der Waals surface area contributed by atoms with Crippen LogP contribution in [0.15, 0.2) is 53.1 Å². The predicted octanol–water partition coefficient (Wildman–Crippen LogP) is 2.71. The first-order valence-electron chi connectivity index (χ1n) is 7.20. The van der Waals surface area contributed by atoms with Gasteiger partial charge in [0.2, 0.25) is 0 Å². The maximum absolute atomic E-state index is 12.3. The van der Waals surface area contributed by atoms with E-state index in [0.717, 1.165) is 11.4 Å². The molecule has 1 N–H and O–H groups in total. The number of methoxy groups -OCH3 is 1. The van der Waals surface area contributed by atoms with Crippen molar-refractivity contribution in [2.45, 2.75) is 13.5 Å². The highest BCUT2D eigenvalue weighted by molar-refractivity contribution is 5.94. The van der Waals surface area contributed by atoms with Crippen LogP contribution in [0.3, 0.4) is 0 Å². The highest BCUT2D eigenvalue weighted by Gasteiger charge is 2.18. The summed E-state index contributed by atoms with van der Waals surface area (Å²) in [5, 5.41) is 7.10. The van der Waals surface area contributed by atoms with E-state index in [4.69, 9.17) is 9.15 Å². The van der Waals surface area contributed by atoms with Gasteiger partial charge in [-0.15, -0.1) is 0 Å². The summed E-state index contributed by atoms with van der Waals surface area (Å²) in [7, 11) is 1.51. The number of rotatable bonds is 5. The fraction of sp³-hybridized carbons (Fsp3) is 0.176. The number of ether oxygens (including phenoxy) is 1. The quantitative estimate of drug-likeness (QED) is 0.786. The van der Waals surface area contributed by atoms with Crippen molar-refractivity contribution in [3.8, 4) is 11.4 Å². The molecule has 2 aromatic heterocycles. The van der Waals surface area contributed by atoms with Gasteiger partial charge in [-0.2, -0.15) is 5.10 Å². The molecule has 0 aliphatic heterocycles. The Bertz CT molecular complexity index is 806. The van der Waals surface area contributed by atoms with E-state index in [2.05, 4.69) is 10.4 Å². The summed E-state index contributed by atoms with van der Waals surface area (Å²) in [6, 6.07) is 13.2. The van der Waals surface area contributed by atoms with Gasteiger partial charge < -0.3 is 14.5 Å². The summed E-state index contributed by atoms with van der Waals surface area (Å²) < 4.78 is 12.3. The molecule has 118 valence electrons. The van der Waals surface area contributed by atoms with Gasteiger partial charge in [-0.25, -0.2) is 4.68 Å². The Labute approximate surface area is 133 Å². The average Bonchev–Trinajstić information content (AvgIpc) is 3.19. The van der Waals surface area contributed by atoms with Crippen molar-refractivity contribution >= 4 is 5.91 Å². The van der Waals surface area contributed by atoms with Crippen molar-refractivity contribution < 1.29 is 13.9 Å². The van der Waals surface area contributed by atoms with Gasteiger partial charge in [0.15, 0.2) is 11.4 Å². The molecular formula is C17H17N3O3. The summed E-state index contributed by atoms with van der Waals surface area (Å²) in [4.78, 5) is 12.3. The smallest absolute Gasteiger partial charge is 0.276 e. The molecule has 2 heterocycles. The van der Waals surface area contributed by atoms with Gasteiger partial charge >= 0.3 is 0 Å². The van der Waals surface area contributed by atoms with Crippen molar-refractivity contribution in [1.29, 1.82) is 0 Å². The van der Waals surface area contributed by atoms with Crippen LogP contribution in [0.4, 0.5) is 0 Å². The third-order valence-corrected chi connectivity index (χ3v) is 3.36. The maximum atomic E-state index is 12.3. The van der Waals surface area contributed by atoms with Crippen molar-refractivity contribution in [2.75, 3.05) is 7.11 Å². The van der Waals surface area contributed by atoms with Crippen LogP contribution in [0.25, 0.3) is 5.69 Å². The zero-order valence-electron chi connectivity index (χ0n) is 12.9. The van der Waals surface area contributed by atoms with E-state index in [1.807, 2.05) is 49.4 Å². The molecule has 6 nitrogen and oxygen atoms in total. The Kier molecular flexibility index (Phi) is 4.14. The third kappa shape index (κ3) is 3.26.